The number of esters is 1. The molecule has 47 heavy (non-hydrogen) atoms. The summed E-state index contributed by atoms with van der Waals surface area (Å²) in [5.41, 5.74) is 5.51. The standard InChI is InChI=1S/C36H40N6O5/c1-6-29(44)41-16-15-40(19-25(41)17-30(45)47-5)34-28-18-27(23-11-12-23)32(26-10-8-7-9-24(26)20-43)38-35(28)42(36(46)39-34)33-22(4)13-14-37-31(33)21(2)3/h6-10,13-14,18,21,23,25,43H,1,11-12,15-17,19-20H2,2-5H3/t25-/m1/s1. The van der Waals surface area contributed by atoms with Crippen molar-refractivity contribution in [3.63, 3.8) is 0 Å². The quantitative estimate of drug-likeness (QED) is 0.210. The predicted molar refractivity (Wildman–Crippen MR) is 180 cm³/mol. The van der Waals surface area contributed by atoms with Gasteiger partial charge in [0.1, 0.15) is 5.82 Å². The molecule has 1 saturated carbocycles. The van der Waals surface area contributed by atoms with Crippen molar-refractivity contribution in [2.45, 2.75) is 64.5 Å². The fourth-order valence-corrected chi connectivity index (χ4v) is 6.59. The summed E-state index contributed by atoms with van der Waals surface area (Å²) in [5, 5.41) is 11.0. The Labute approximate surface area is 273 Å². The maximum Gasteiger partial charge on any atom is 0.355 e. The third-order valence-corrected chi connectivity index (χ3v) is 9.13. The van der Waals surface area contributed by atoms with Crippen molar-refractivity contribution in [2.75, 3.05) is 31.6 Å². The second-order valence-corrected chi connectivity index (χ2v) is 12.6. The molecular weight excluding hydrogens is 596 g/mol. The van der Waals surface area contributed by atoms with Crippen LogP contribution in [0, 0.1) is 6.92 Å². The fourth-order valence-electron chi connectivity index (χ4n) is 6.59. The van der Waals surface area contributed by atoms with Gasteiger partial charge in [0.25, 0.3) is 0 Å². The number of hydrogen-bond acceptors (Lipinski definition) is 9. The number of benzene rings is 1. The van der Waals surface area contributed by atoms with Crippen LogP contribution in [0.4, 0.5) is 5.82 Å². The molecule has 1 saturated heterocycles. The molecule has 1 aliphatic heterocycles. The van der Waals surface area contributed by atoms with Gasteiger partial charge in [0.05, 0.1) is 48.6 Å². The molecule has 2 aliphatic rings. The Balaban J connectivity index is 1.63. The zero-order chi connectivity index (χ0) is 33.4. The number of amides is 1. The second-order valence-electron chi connectivity index (χ2n) is 12.6. The van der Waals surface area contributed by atoms with E-state index < -0.39 is 17.7 Å². The summed E-state index contributed by atoms with van der Waals surface area (Å²) < 4.78 is 6.52. The summed E-state index contributed by atoms with van der Waals surface area (Å²) in [7, 11) is 1.32. The maximum atomic E-state index is 14.3. The average Bonchev–Trinajstić information content (AvgIpc) is 3.93. The number of hydrogen-bond donors (Lipinski definition) is 1. The molecule has 0 radical (unpaired) electrons. The first-order chi connectivity index (χ1) is 22.7. The van der Waals surface area contributed by atoms with E-state index in [9.17, 15) is 19.5 Å². The third kappa shape index (κ3) is 6.03. The molecule has 1 amide bonds. The Kier molecular flexibility index (Phi) is 8.92. The summed E-state index contributed by atoms with van der Waals surface area (Å²) in [4.78, 5) is 57.7. The van der Waals surface area contributed by atoms with Crippen molar-refractivity contribution in [3.05, 3.63) is 88.1 Å². The van der Waals surface area contributed by atoms with E-state index in [1.807, 2.05) is 56.0 Å². The Morgan fingerprint density at radius 3 is 2.60 bits per heavy atom. The first-order valence-electron chi connectivity index (χ1n) is 16.0. The number of methoxy groups -OCH3 is 1. The highest BCUT2D eigenvalue weighted by atomic mass is 16.5. The van der Waals surface area contributed by atoms with Crippen molar-refractivity contribution < 1.29 is 19.4 Å². The highest BCUT2D eigenvalue weighted by Gasteiger charge is 2.35. The largest absolute Gasteiger partial charge is 0.469 e. The molecule has 1 aliphatic carbocycles. The fraction of sp³-hybridized carbons (Fsp3) is 0.389. The maximum absolute atomic E-state index is 14.3. The Morgan fingerprint density at radius 1 is 1.15 bits per heavy atom. The lowest BCUT2D eigenvalue weighted by molar-refractivity contribution is -0.143. The minimum Gasteiger partial charge on any atom is -0.469 e. The summed E-state index contributed by atoms with van der Waals surface area (Å²) in [6.45, 7) is 10.5. The zero-order valence-electron chi connectivity index (χ0n) is 27.3. The average molecular weight is 637 g/mol. The number of carbonyl (C=O) groups is 2. The number of rotatable bonds is 9. The van der Waals surface area contributed by atoms with Gasteiger partial charge in [-0.3, -0.25) is 14.6 Å². The van der Waals surface area contributed by atoms with Gasteiger partial charge in [-0.05, 0) is 66.5 Å². The van der Waals surface area contributed by atoms with Crippen molar-refractivity contribution in [2.24, 2.45) is 0 Å². The van der Waals surface area contributed by atoms with E-state index in [0.29, 0.717) is 35.6 Å². The molecular formula is C36H40N6O5. The Morgan fingerprint density at radius 2 is 1.91 bits per heavy atom. The molecule has 244 valence electrons. The van der Waals surface area contributed by atoms with Gasteiger partial charge in [-0.2, -0.15) is 4.98 Å². The minimum atomic E-state index is -0.513. The van der Waals surface area contributed by atoms with Gasteiger partial charge in [-0.25, -0.2) is 14.3 Å². The monoisotopic (exact) mass is 636 g/mol. The lowest BCUT2D eigenvalue weighted by Gasteiger charge is -2.41. The van der Waals surface area contributed by atoms with Crippen molar-refractivity contribution in [1.29, 1.82) is 0 Å². The van der Waals surface area contributed by atoms with Crippen LogP contribution < -0.4 is 10.6 Å². The van der Waals surface area contributed by atoms with Crippen LogP contribution in [0.15, 0.2) is 60.0 Å². The van der Waals surface area contributed by atoms with E-state index in [4.69, 9.17) is 14.7 Å². The van der Waals surface area contributed by atoms with Gasteiger partial charge in [0.15, 0.2) is 5.65 Å². The van der Waals surface area contributed by atoms with Crippen LogP contribution in [0.1, 0.15) is 67.3 Å². The van der Waals surface area contributed by atoms with E-state index >= 15 is 0 Å². The summed E-state index contributed by atoms with van der Waals surface area (Å²) >= 11 is 0. The molecule has 4 heterocycles. The summed E-state index contributed by atoms with van der Waals surface area (Å²) in [6.07, 6.45) is 4.99. The lowest BCUT2D eigenvalue weighted by Crippen LogP contribution is -2.56. The summed E-state index contributed by atoms with van der Waals surface area (Å²) in [6, 6.07) is 11.1. The molecule has 4 aromatic rings. The molecule has 3 aromatic heterocycles. The molecule has 1 N–H and O–H groups in total. The Hall–Kier alpha value is -4.90. The number of ether oxygens (including phenoxy) is 1. The molecule has 2 fully saturated rings. The normalized spacial score (nSPS) is 16.5. The number of fused-ring (bicyclic) bond motifs is 1. The SMILES string of the molecule is C=CC(=O)N1CCN(c2nc(=O)n(-c3c(C)ccnc3C(C)C)c3nc(-c4ccccc4CO)c(C4CC4)cc23)C[C@H]1CC(=O)OC. The van der Waals surface area contributed by atoms with Crippen molar-refractivity contribution in [3.8, 4) is 16.9 Å². The molecule has 1 aromatic carbocycles. The number of aliphatic hydroxyl groups excluding tert-OH is 1. The highest BCUT2D eigenvalue weighted by Crippen LogP contribution is 2.46. The lowest BCUT2D eigenvalue weighted by atomic mass is 9.97. The van der Waals surface area contributed by atoms with Gasteiger partial charge in [0, 0.05) is 31.4 Å². The molecule has 6 rings (SSSR count). The van der Waals surface area contributed by atoms with E-state index in [0.717, 1.165) is 46.5 Å². The highest BCUT2D eigenvalue weighted by molar-refractivity contribution is 5.92. The van der Waals surface area contributed by atoms with Crippen LogP contribution in [-0.4, -0.2) is 74.2 Å². The summed E-state index contributed by atoms with van der Waals surface area (Å²) in [5.74, 6) is 0.0321. The zero-order valence-corrected chi connectivity index (χ0v) is 27.3. The predicted octanol–water partition coefficient (Wildman–Crippen LogP) is 4.41. The van der Waals surface area contributed by atoms with Gasteiger partial charge in [-0.15, -0.1) is 0 Å². The van der Waals surface area contributed by atoms with Crippen molar-refractivity contribution >= 4 is 28.7 Å². The van der Waals surface area contributed by atoms with E-state index in [-0.39, 0.29) is 37.3 Å². The molecule has 11 nitrogen and oxygen atoms in total. The van der Waals surface area contributed by atoms with Crippen molar-refractivity contribution in [1.82, 2.24) is 24.4 Å². The van der Waals surface area contributed by atoms with Gasteiger partial charge in [0.2, 0.25) is 5.91 Å². The van der Waals surface area contributed by atoms with E-state index in [1.165, 1.54) is 13.2 Å². The number of aryl methyl sites for hydroxylation is 1. The number of anilines is 1. The molecule has 0 spiro atoms. The number of piperazine rings is 1. The topological polar surface area (TPSA) is 131 Å². The third-order valence-electron chi connectivity index (χ3n) is 9.13. The number of pyridine rings is 2. The number of aliphatic hydroxyl groups is 1. The van der Waals surface area contributed by atoms with Crippen LogP contribution in [0.25, 0.3) is 28.0 Å². The van der Waals surface area contributed by atoms with Crippen LogP contribution >= 0.6 is 0 Å². The van der Waals surface area contributed by atoms with Crippen LogP contribution in [0.5, 0.6) is 0 Å². The minimum absolute atomic E-state index is 0.0120. The smallest absolute Gasteiger partial charge is 0.355 e. The number of nitrogens with zero attached hydrogens (tertiary/aromatic N) is 6. The molecule has 1 atom stereocenters. The van der Waals surface area contributed by atoms with Crippen LogP contribution in [0.2, 0.25) is 0 Å². The van der Waals surface area contributed by atoms with Crippen LogP contribution in [0.3, 0.4) is 0 Å². The van der Waals surface area contributed by atoms with E-state index in [2.05, 4.69) is 17.6 Å². The molecule has 11 heteroatoms. The van der Waals surface area contributed by atoms with E-state index in [1.54, 1.807) is 15.7 Å². The van der Waals surface area contributed by atoms with Gasteiger partial charge >= 0.3 is 11.7 Å². The second kappa shape index (κ2) is 13.1. The molecule has 0 unspecified atom stereocenters. The molecule has 0 bridgehead atoms. The first-order valence-corrected chi connectivity index (χ1v) is 16.0. The number of carbonyl (C=O) groups excluding carboxylic acids is 2. The van der Waals surface area contributed by atoms with Gasteiger partial charge in [-0.1, -0.05) is 44.7 Å². The number of aromatic nitrogens is 4. The van der Waals surface area contributed by atoms with Gasteiger partial charge < -0.3 is 19.6 Å². The Bertz CT molecular complexity index is 1930. The first kappa shape index (κ1) is 32.1. The van der Waals surface area contributed by atoms with Crippen LogP contribution in [-0.2, 0) is 20.9 Å².